The molecule has 0 amide bonds. The highest BCUT2D eigenvalue weighted by molar-refractivity contribution is 6.33. The summed E-state index contributed by atoms with van der Waals surface area (Å²) in [5, 5.41) is 4.56. The van der Waals surface area contributed by atoms with Crippen molar-refractivity contribution in [1.29, 1.82) is 0 Å². The number of nitrogens with two attached hydrogens (primary N) is 1. The first-order chi connectivity index (χ1) is 9.59. The van der Waals surface area contributed by atoms with Gasteiger partial charge in [0.05, 0.1) is 16.8 Å². The van der Waals surface area contributed by atoms with Gasteiger partial charge in [0.1, 0.15) is 17.3 Å². The maximum Gasteiger partial charge on any atom is 0.154 e. The van der Waals surface area contributed by atoms with E-state index in [4.69, 9.17) is 21.8 Å². The van der Waals surface area contributed by atoms with Gasteiger partial charge >= 0.3 is 0 Å². The van der Waals surface area contributed by atoms with Crippen molar-refractivity contribution in [2.24, 2.45) is 7.05 Å². The Morgan fingerprint density at radius 2 is 2.05 bits per heavy atom. The lowest BCUT2D eigenvalue weighted by molar-refractivity contribution is 0.578. The van der Waals surface area contributed by atoms with Gasteiger partial charge in [-0.15, -0.1) is 0 Å². The molecule has 1 aromatic carbocycles. The van der Waals surface area contributed by atoms with Crippen molar-refractivity contribution in [3.05, 3.63) is 47.4 Å². The van der Waals surface area contributed by atoms with Crippen molar-refractivity contribution in [3.63, 3.8) is 0 Å². The van der Waals surface area contributed by atoms with E-state index in [-0.39, 0.29) is 10.6 Å². The van der Waals surface area contributed by atoms with Gasteiger partial charge in [-0.2, -0.15) is 5.10 Å². The third kappa shape index (κ3) is 1.87. The quantitative estimate of drug-likeness (QED) is 0.783. The number of anilines is 1. The summed E-state index contributed by atoms with van der Waals surface area (Å²) < 4.78 is 20.9. The molecule has 0 aliphatic heterocycles. The van der Waals surface area contributed by atoms with E-state index in [0.29, 0.717) is 22.8 Å². The summed E-state index contributed by atoms with van der Waals surface area (Å²) in [5.41, 5.74) is 7.14. The number of benzene rings is 1. The molecule has 0 unspecified atom stereocenters. The second kappa shape index (κ2) is 4.68. The van der Waals surface area contributed by atoms with Gasteiger partial charge in [0.25, 0.3) is 0 Å². The molecule has 3 aromatic rings. The number of nitrogen functional groups attached to an aromatic ring is 1. The predicted octanol–water partition coefficient (Wildman–Crippen LogP) is 3.72. The van der Waals surface area contributed by atoms with Crippen LogP contribution in [0.5, 0.6) is 0 Å². The standard InChI is InChI=1S/C14H11ClFN3O/c1-19-14(17)12(11-8(15)4-2-5-9(11)16)13(18-19)10-6-3-7-20-10/h2-7H,17H2,1H3. The highest BCUT2D eigenvalue weighted by atomic mass is 35.5. The summed E-state index contributed by atoms with van der Waals surface area (Å²) in [6.45, 7) is 0. The first-order valence-corrected chi connectivity index (χ1v) is 6.28. The highest BCUT2D eigenvalue weighted by Crippen LogP contribution is 2.40. The van der Waals surface area contributed by atoms with E-state index >= 15 is 0 Å². The molecule has 2 N–H and O–H groups in total. The Bertz CT molecular complexity index is 745. The van der Waals surface area contributed by atoms with E-state index in [1.165, 1.54) is 17.0 Å². The van der Waals surface area contributed by atoms with E-state index in [0.717, 1.165) is 0 Å². The molecule has 0 bridgehead atoms. The SMILES string of the molecule is Cn1nc(-c2ccco2)c(-c2c(F)cccc2Cl)c1N. The molecule has 2 heterocycles. The molecular weight excluding hydrogens is 281 g/mol. The first-order valence-electron chi connectivity index (χ1n) is 5.90. The van der Waals surface area contributed by atoms with E-state index in [9.17, 15) is 4.39 Å². The van der Waals surface area contributed by atoms with Crippen LogP contribution in [0.25, 0.3) is 22.6 Å². The molecule has 2 aromatic heterocycles. The van der Waals surface area contributed by atoms with Crippen molar-refractivity contribution < 1.29 is 8.81 Å². The number of aryl methyl sites for hydroxylation is 1. The van der Waals surface area contributed by atoms with Crippen LogP contribution >= 0.6 is 11.6 Å². The van der Waals surface area contributed by atoms with Gasteiger partial charge in [-0.25, -0.2) is 4.39 Å². The Morgan fingerprint density at radius 1 is 1.25 bits per heavy atom. The van der Waals surface area contributed by atoms with Crippen molar-refractivity contribution in [2.45, 2.75) is 0 Å². The number of halogens is 2. The molecule has 0 aliphatic carbocycles. The monoisotopic (exact) mass is 291 g/mol. The van der Waals surface area contributed by atoms with E-state index in [1.807, 2.05) is 0 Å². The highest BCUT2D eigenvalue weighted by Gasteiger charge is 2.23. The third-order valence-electron chi connectivity index (χ3n) is 3.06. The maximum atomic E-state index is 14.1. The molecule has 20 heavy (non-hydrogen) atoms. The van der Waals surface area contributed by atoms with E-state index in [1.54, 1.807) is 31.3 Å². The van der Waals surface area contributed by atoms with E-state index < -0.39 is 5.82 Å². The first kappa shape index (κ1) is 12.7. The fourth-order valence-corrected chi connectivity index (χ4v) is 2.36. The lowest BCUT2D eigenvalue weighted by Gasteiger charge is -2.06. The maximum absolute atomic E-state index is 14.1. The fraction of sp³-hybridized carbons (Fsp3) is 0.0714. The Kier molecular flexibility index (Phi) is 2.99. The minimum Gasteiger partial charge on any atom is -0.463 e. The average Bonchev–Trinajstić information content (AvgIpc) is 3.01. The number of hydrogen-bond donors (Lipinski definition) is 1. The average molecular weight is 292 g/mol. The van der Waals surface area contributed by atoms with Gasteiger partial charge < -0.3 is 10.2 Å². The summed E-state index contributed by atoms with van der Waals surface area (Å²) in [6.07, 6.45) is 1.52. The van der Waals surface area contributed by atoms with Gasteiger partial charge in [-0.1, -0.05) is 17.7 Å². The normalized spacial score (nSPS) is 10.9. The van der Waals surface area contributed by atoms with Gasteiger partial charge in [-0.05, 0) is 24.3 Å². The summed E-state index contributed by atoms with van der Waals surface area (Å²) in [6, 6.07) is 7.95. The molecule has 0 aliphatic rings. The largest absolute Gasteiger partial charge is 0.463 e. The van der Waals surface area contributed by atoms with Crippen molar-refractivity contribution >= 4 is 17.4 Å². The van der Waals surface area contributed by atoms with Crippen LogP contribution in [0.4, 0.5) is 10.2 Å². The molecule has 0 fully saturated rings. The van der Waals surface area contributed by atoms with Crippen LogP contribution in [-0.4, -0.2) is 9.78 Å². The van der Waals surface area contributed by atoms with Crippen LogP contribution in [0.15, 0.2) is 41.0 Å². The molecule has 0 atom stereocenters. The second-order valence-corrected chi connectivity index (χ2v) is 4.71. The fourth-order valence-electron chi connectivity index (χ4n) is 2.11. The lowest BCUT2D eigenvalue weighted by atomic mass is 10.0. The minimum atomic E-state index is -0.454. The zero-order valence-corrected chi connectivity index (χ0v) is 11.4. The van der Waals surface area contributed by atoms with Crippen LogP contribution in [0.1, 0.15) is 0 Å². The third-order valence-corrected chi connectivity index (χ3v) is 3.37. The second-order valence-electron chi connectivity index (χ2n) is 4.31. The van der Waals surface area contributed by atoms with E-state index in [2.05, 4.69) is 5.10 Å². The Morgan fingerprint density at radius 3 is 2.70 bits per heavy atom. The molecule has 0 saturated carbocycles. The smallest absolute Gasteiger partial charge is 0.154 e. The number of nitrogens with zero attached hydrogens (tertiary/aromatic N) is 2. The zero-order chi connectivity index (χ0) is 14.3. The summed E-state index contributed by atoms with van der Waals surface area (Å²) >= 11 is 6.12. The van der Waals surface area contributed by atoms with Gasteiger partial charge in [-0.3, -0.25) is 4.68 Å². The number of hydrogen-bond acceptors (Lipinski definition) is 3. The molecule has 0 radical (unpaired) electrons. The zero-order valence-electron chi connectivity index (χ0n) is 10.6. The lowest BCUT2D eigenvalue weighted by Crippen LogP contribution is -1.98. The molecule has 102 valence electrons. The minimum absolute atomic E-state index is 0.228. The summed E-state index contributed by atoms with van der Waals surface area (Å²) in [7, 11) is 1.68. The van der Waals surface area contributed by atoms with Gasteiger partial charge in [0, 0.05) is 12.6 Å². The van der Waals surface area contributed by atoms with Crippen LogP contribution in [0.2, 0.25) is 5.02 Å². The summed E-state index contributed by atoms with van der Waals surface area (Å²) in [4.78, 5) is 0. The molecule has 6 heteroatoms. The van der Waals surface area contributed by atoms with Gasteiger partial charge in [0.15, 0.2) is 5.76 Å². The Hall–Kier alpha value is -2.27. The number of rotatable bonds is 2. The Balaban J connectivity index is 2.34. The predicted molar refractivity (Wildman–Crippen MR) is 75.7 cm³/mol. The summed E-state index contributed by atoms with van der Waals surface area (Å²) in [5.74, 6) is 0.375. The van der Waals surface area contributed by atoms with Crippen LogP contribution in [0, 0.1) is 5.82 Å². The number of furan rings is 1. The van der Waals surface area contributed by atoms with Crippen molar-refractivity contribution in [1.82, 2.24) is 9.78 Å². The number of aromatic nitrogens is 2. The van der Waals surface area contributed by atoms with Gasteiger partial charge in [0.2, 0.25) is 0 Å². The van der Waals surface area contributed by atoms with Crippen LogP contribution in [-0.2, 0) is 7.05 Å². The molecule has 0 spiro atoms. The van der Waals surface area contributed by atoms with Crippen molar-refractivity contribution in [2.75, 3.05) is 5.73 Å². The van der Waals surface area contributed by atoms with Crippen molar-refractivity contribution in [3.8, 4) is 22.6 Å². The molecular formula is C14H11ClFN3O. The van der Waals surface area contributed by atoms with Crippen LogP contribution < -0.4 is 5.73 Å². The molecule has 4 nitrogen and oxygen atoms in total. The topological polar surface area (TPSA) is 57.0 Å². The molecule has 3 rings (SSSR count). The van der Waals surface area contributed by atoms with Crippen LogP contribution in [0.3, 0.4) is 0 Å². The molecule has 0 saturated heterocycles. The Labute approximate surface area is 119 Å².